The van der Waals surface area contributed by atoms with Crippen LogP contribution in [-0.4, -0.2) is 52.3 Å². The van der Waals surface area contributed by atoms with Crippen LogP contribution in [0.25, 0.3) is 10.8 Å². The largest absolute Gasteiger partial charge is 0.491 e. The van der Waals surface area contributed by atoms with Crippen LogP contribution >= 0.6 is 0 Å². The topological polar surface area (TPSA) is 68.3 Å². The van der Waals surface area contributed by atoms with Crippen LogP contribution in [0.5, 0.6) is 0 Å². The molecule has 0 heterocycles. The van der Waals surface area contributed by atoms with Gasteiger partial charge < -0.3 is 0 Å². The molecule has 2 aromatic carbocycles. The summed E-state index contributed by atoms with van der Waals surface area (Å²) in [7, 11) is -15.0. The molecule has 0 spiro atoms. The van der Waals surface area contributed by atoms with E-state index in [1.807, 2.05) is 0 Å². The smallest absolute Gasteiger partial charge is 0.283 e. The zero-order valence-corrected chi connectivity index (χ0v) is 18.3. The van der Waals surface area contributed by atoms with Crippen molar-refractivity contribution in [3.8, 4) is 0 Å². The van der Waals surface area contributed by atoms with Gasteiger partial charge in [0.2, 0.25) is 9.84 Å². The third kappa shape index (κ3) is 3.88. The molecule has 0 amide bonds. The maximum atomic E-state index is 15.0. The fraction of sp³-hybridized carbons (Fsp3) is 0.353. The summed E-state index contributed by atoms with van der Waals surface area (Å²) in [5, 5.41) is -9.27. The van der Waals surface area contributed by atoms with Crippen molar-refractivity contribution in [1.82, 2.24) is 0 Å². The molecule has 0 aromatic heterocycles. The summed E-state index contributed by atoms with van der Waals surface area (Å²) in [5.74, 6) is -21.8. The van der Waals surface area contributed by atoms with Gasteiger partial charge in [-0.3, -0.25) is 8.78 Å². The molecule has 208 valence electrons. The number of hydrogen-bond donors (Lipinski definition) is 0. The zero-order chi connectivity index (χ0) is 28.7. The third-order valence-electron chi connectivity index (χ3n) is 5.25. The molecule has 20 heteroatoms. The van der Waals surface area contributed by atoms with Crippen LogP contribution in [0.15, 0.2) is 0 Å². The average molecular weight is 603 g/mol. The number of hydrogen-bond acceptors (Lipinski definition) is 4. The highest BCUT2D eigenvalue weighted by Gasteiger charge is 2.63. The van der Waals surface area contributed by atoms with Gasteiger partial charge in [-0.1, -0.05) is 5.56 Å². The summed E-state index contributed by atoms with van der Waals surface area (Å²) >= 11 is 0. The Morgan fingerprint density at radius 1 is 0.541 bits per heavy atom. The number of halogens is 14. The molecule has 1 aliphatic carbocycles. The first-order valence-electron chi connectivity index (χ1n) is 8.94. The second-order valence-electron chi connectivity index (χ2n) is 7.35. The van der Waals surface area contributed by atoms with E-state index < -0.39 is 117 Å². The molecular weight excluding hydrogens is 598 g/mol. The summed E-state index contributed by atoms with van der Waals surface area (Å²) in [4.78, 5) is 0. The molecule has 2 aromatic rings. The van der Waals surface area contributed by atoms with Gasteiger partial charge >= 0.3 is 5.51 Å². The van der Waals surface area contributed by atoms with E-state index in [0.29, 0.717) is 0 Å². The molecule has 4 atom stereocenters. The van der Waals surface area contributed by atoms with Crippen molar-refractivity contribution in [3.05, 3.63) is 50.9 Å². The molecule has 0 N–H and O–H groups in total. The lowest BCUT2D eigenvalue weighted by Gasteiger charge is -2.32. The minimum Gasteiger partial charge on any atom is -0.283 e. The van der Waals surface area contributed by atoms with E-state index in [9.17, 15) is 73.9 Å². The van der Waals surface area contributed by atoms with E-state index in [4.69, 9.17) is 0 Å². The van der Waals surface area contributed by atoms with Gasteiger partial charge in [0.05, 0.1) is 10.4 Å². The fourth-order valence-corrected chi connectivity index (χ4v) is 7.75. The van der Waals surface area contributed by atoms with Crippen LogP contribution in [0, 0.1) is 45.3 Å². The van der Waals surface area contributed by atoms with Crippen LogP contribution in [-0.2, 0) is 19.7 Å². The normalized spacial score (nSPS) is 25.2. The molecule has 1 aliphatic rings. The molecule has 37 heavy (non-hydrogen) atoms. The lowest BCUT2D eigenvalue weighted by molar-refractivity contribution is -0.0429. The van der Waals surface area contributed by atoms with E-state index in [-0.39, 0.29) is 0 Å². The van der Waals surface area contributed by atoms with Crippen molar-refractivity contribution in [1.29, 1.82) is 0 Å². The molecule has 1 fully saturated rings. The van der Waals surface area contributed by atoms with Gasteiger partial charge in [0.15, 0.2) is 57.8 Å². The van der Waals surface area contributed by atoms with Crippen LogP contribution in [0.1, 0.15) is 5.56 Å². The molecular formula is C17H5F14O4S2-. The highest BCUT2D eigenvalue weighted by molar-refractivity contribution is 8.13. The molecule has 0 saturated heterocycles. The first-order valence-corrected chi connectivity index (χ1v) is 12.0. The van der Waals surface area contributed by atoms with Gasteiger partial charge in [0.1, 0.15) is 11.1 Å². The van der Waals surface area contributed by atoms with Crippen molar-refractivity contribution in [2.45, 2.75) is 35.4 Å². The molecule has 0 bridgehead atoms. The Labute approximate surface area is 195 Å². The maximum absolute atomic E-state index is 15.0. The van der Waals surface area contributed by atoms with Gasteiger partial charge in [-0.15, -0.1) is 0 Å². The van der Waals surface area contributed by atoms with E-state index in [0.717, 1.165) is 0 Å². The number of alkyl halides is 7. The first kappa shape index (κ1) is 29.1. The number of fused-ring (bicyclic) bond motifs is 1. The summed E-state index contributed by atoms with van der Waals surface area (Å²) < 4.78 is 240. The van der Waals surface area contributed by atoms with Gasteiger partial charge in [-0.05, 0) is 0 Å². The predicted octanol–water partition coefficient (Wildman–Crippen LogP) is 4.74. The van der Waals surface area contributed by atoms with Gasteiger partial charge in [-0.2, -0.15) is 13.2 Å². The number of rotatable bonds is 4. The lowest BCUT2D eigenvalue weighted by atomic mass is 10.0. The summed E-state index contributed by atoms with van der Waals surface area (Å²) in [6, 6.07) is 0. The van der Waals surface area contributed by atoms with E-state index in [2.05, 4.69) is 0 Å². The van der Waals surface area contributed by atoms with Crippen LogP contribution in [0.2, 0.25) is 0 Å². The second-order valence-corrected chi connectivity index (χ2v) is 11.5. The van der Waals surface area contributed by atoms with E-state index in [1.165, 1.54) is 0 Å². The summed E-state index contributed by atoms with van der Waals surface area (Å²) in [6.07, 6.45) is -15.6. The molecule has 0 aliphatic heterocycles. The van der Waals surface area contributed by atoms with Crippen molar-refractivity contribution in [2.75, 3.05) is 0 Å². The predicted molar refractivity (Wildman–Crippen MR) is 93.3 cm³/mol. The zero-order valence-electron chi connectivity index (χ0n) is 16.6. The van der Waals surface area contributed by atoms with Crippen molar-refractivity contribution >= 4 is 30.4 Å². The standard InChI is InChI=1S/C17H5F14O4S2/c18-4-1-2(7(21)10(24)9(23)6(1)20)5(19)8(22)3(4)16(37(34,35)17(29,30)31)36(32,33)15-13(27)11(25)12(26)14(15)28/h11-15H/q-1. The number of sulfone groups is 2. The quantitative estimate of drug-likeness (QED) is 0.220. The minimum atomic E-state index is -7.82. The van der Waals surface area contributed by atoms with Crippen molar-refractivity contribution in [2.24, 2.45) is 0 Å². The van der Waals surface area contributed by atoms with Crippen molar-refractivity contribution in [3.63, 3.8) is 0 Å². The SMILES string of the molecule is O=S(=O)([C-](c1c(F)c(F)c2c(F)c(F)c(F)c(F)c2c1F)S(=O)(=O)C(F)(F)F)C1C(F)C(F)C(F)C1F. The summed E-state index contributed by atoms with van der Waals surface area (Å²) in [5.41, 5.74) is -10.3. The minimum absolute atomic E-state index is 2.52. The average Bonchev–Trinajstić information content (AvgIpc) is 2.97. The monoisotopic (exact) mass is 603 g/mol. The molecule has 4 unspecified atom stereocenters. The highest BCUT2D eigenvalue weighted by atomic mass is 32.3. The third-order valence-corrected chi connectivity index (χ3v) is 9.86. The maximum Gasteiger partial charge on any atom is 0.491 e. The molecule has 0 radical (unpaired) electrons. The van der Waals surface area contributed by atoms with Crippen LogP contribution < -0.4 is 0 Å². The van der Waals surface area contributed by atoms with Crippen LogP contribution in [0.3, 0.4) is 0 Å². The second kappa shape index (κ2) is 8.77. The Hall–Kier alpha value is -2.51. The summed E-state index contributed by atoms with van der Waals surface area (Å²) in [6.45, 7) is 0. The highest BCUT2D eigenvalue weighted by Crippen LogP contribution is 2.48. The Balaban J connectivity index is 2.57. The van der Waals surface area contributed by atoms with Crippen LogP contribution in [0.4, 0.5) is 61.5 Å². The number of benzene rings is 2. The molecule has 1 saturated carbocycles. The first-order chi connectivity index (χ1) is 16.6. The van der Waals surface area contributed by atoms with Gasteiger partial charge in [0, 0.05) is 16.6 Å². The Bertz CT molecular complexity index is 1490. The Kier molecular flexibility index (Phi) is 6.89. The molecule has 3 rings (SSSR count). The Morgan fingerprint density at radius 2 is 0.892 bits per heavy atom. The van der Waals surface area contributed by atoms with E-state index >= 15 is 4.39 Å². The molecule has 4 nitrogen and oxygen atoms in total. The van der Waals surface area contributed by atoms with Gasteiger partial charge in [-0.25, -0.2) is 56.3 Å². The van der Waals surface area contributed by atoms with E-state index in [1.54, 1.807) is 0 Å². The fourth-order valence-electron chi connectivity index (χ4n) is 3.55. The van der Waals surface area contributed by atoms with Gasteiger partial charge in [0.25, 0.3) is 0 Å². The lowest BCUT2D eigenvalue weighted by Crippen LogP contribution is -2.45. The Morgan fingerprint density at radius 3 is 1.27 bits per heavy atom. The van der Waals surface area contributed by atoms with Crippen molar-refractivity contribution < 1.29 is 78.3 Å².